The summed E-state index contributed by atoms with van der Waals surface area (Å²) in [5.41, 5.74) is 1.19. The van der Waals surface area contributed by atoms with Crippen LogP contribution in [0.5, 0.6) is 5.88 Å². The monoisotopic (exact) mass is 251 g/mol. The van der Waals surface area contributed by atoms with Gasteiger partial charge in [0.1, 0.15) is 0 Å². The summed E-state index contributed by atoms with van der Waals surface area (Å²) < 4.78 is 5.02. The summed E-state index contributed by atoms with van der Waals surface area (Å²) >= 11 is 0. The van der Waals surface area contributed by atoms with Crippen LogP contribution in [-0.4, -0.2) is 43.2 Å². The number of aromatic nitrogens is 1. The summed E-state index contributed by atoms with van der Waals surface area (Å²) in [6.45, 7) is 7.46. The SMILES string of the molecule is COc1ccc(CNCCCN(C)C(C)C)cn1. The lowest BCUT2D eigenvalue weighted by Gasteiger charge is -2.20. The van der Waals surface area contributed by atoms with Crippen molar-refractivity contribution in [2.75, 3.05) is 27.2 Å². The van der Waals surface area contributed by atoms with Gasteiger partial charge >= 0.3 is 0 Å². The molecule has 102 valence electrons. The third-order valence-corrected chi connectivity index (χ3v) is 3.08. The van der Waals surface area contributed by atoms with Gasteiger partial charge in [-0.2, -0.15) is 0 Å². The maximum absolute atomic E-state index is 5.02. The van der Waals surface area contributed by atoms with Crippen molar-refractivity contribution in [3.8, 4) is 5.88 Å². The van der Waals surface area contributed by atoms with Gasteiger partial charge in [-0.25, -0.2) is 4.98 Å². The summed E-state index contributed by atoms with van der Waals surface area (Å²) in [7, 11) is 3.80. The fourth-order valence-electron chi connectivity index (χ4n) is 1.58. The van der Waals surface area contributed by atoms with Gasteiger partial charge in [0.15, 0.2) is 0 Å². The van der Waals surface area contributed by atoms with E-state index in [9.17, 15) is 0 Å². The molecule has 1 N–H and O–H groups in total. The number of nitrogens with zero attached hydrogens (tertiary/aromatic N) is 2. The molecule has 4 nitrogen and oxygen atoms in total. The largest absolute Gasteiger partial charge is 0.481 e. The molecule has 0 saturated heterocycles. The molecule has 0 unspecified atom stereocenters. The lowest BCUT2D eigenvalue weighted by molar-refractivity contribution is 0.269. The molecule has 0 atom stereocenters. The van der Waals surface area contributed by atoms with E-state index in [0.717, 1.165) is 26.1 Å². The predicted molar refractivity (Wildman–Crippen MR) is 74.9 cm³/mol. The number of ether oxygens (including phenoxy) is 1. The van der Waals surface area contributed by atoms with Gasteiger partial charge in [-0.15, -0.1) is 0 Å². The van der Waals surface area contributed by atoms with E-state index in [0.29, 0.717) is 11.9 Å². The molecule has 1 aromatic rings. The van der Waals surface area contributed by atoms with Crippen LogP contribution in [0.3, 0.4) is 0 Å². The van der Waals surface area contributed by atoms with E-state index in [-0.39, 0.29) is 0 Å². The number of rotatable bonds is 8. The number of hydrogen-bond acceptors (Lipinski definition) is 4. The second-order valence-electron chi connectivity index (χ2n) is 4.81. The highest BCUT2D eigenvalue weighted by Crippen LogP contribution is 2.06. The molecule has 0 saturated carbocycles. The second kappa shape index (κ2) is 8.06. The third-order valence-electron chi connectivity index (χ3n) is 3.08. The molecule has 0 aliphatic carbocycles. The predicted octanol–water partition coefficient (Wildman–Crippen LogP) is 1.91. The van der Waals surface area contributed by atoms with Crippen LogP contribution >= 0.6 is 0 Å². The molecule has 18 heavy (non-hydrogen) atoms. The second-order valence-corrected chi connectivity index (χ2v) is 4.81. The Labute approximate surface area is 110 Å². The quantitative estimate of drug-likeness (QED) is 0.716. The molecule has 0 aliphatic rings. The first-order valence-corrected chi connectivity index (χ1v) is 6.53. The van der Waals surface area contributed by atoms with Crippen molar-refractivity contribution in [1.82, 2.24) is 15.2 Å². The number of pyridine rings is 1. The average molecular weight is 251 g/mol. The zero-order valence-corrected chi connectivity index (χ0v) is 11.9. The highest BCUT2D eigenvalue weighted by molar-refractivity contribution is 5.17. The van der Waals surface area contributed by atoms with Crippen LogP contribution in [0.4, 0.5) is 0 Å². The van der Waals surface area contributed by atoms with Gasteiger partial charge < -0.3 is 15.0 Å². The van der Waals surface area contributed by atoms with Gasteiger partial charge in [0.05, 0.1) is 7.11 Å². The minimum atomic E-state index is 0.621. The Morgan fingerprint density at radius 3 is 2.72 bits per heavy atom. The van der Waals surface area contributed by atoms with Crippen LogP contribution in [0, 0.1) is 0 Å². The maximum atomic E-state index is 5.02. The van der Waals surface area contributed by atoms with E-state index < -0.39 is 0 Å². The Hall–Kier alpha value is -1.13. The highest BCUT2D eigenvalue weighted by Gasteiger charge is 2.01. The van der Waals surface area contributed by atoms with E-state index in [1.807, 2.05) is 18.3 Å². The summed E-state index contributed by atoms with van der Waals surface area (Å²) in [5.74, 6) is 0.664. The van der Waals surface area contributed by atoms with Crippen LogP contribution in [0.1, 0.15) is 25.8 Å². The Kier molecular flexibility index (Phi) is 6.68. The van der Waals surface area contributed by atoms with Crippen molar-refractivity contribution in [3.05, 3.63) is 23.9 Å². The van der Waals surface area contributed by atoms with E-state index in [4.69, 9.17) is 4.74 Å². The van der Waals surface area contributed by atoms with Crippen molar-refractivity contribution in [2.45, 2.75) is 32.9 Å². The molecule has 0 fully saturated rings. The van der Waals surface area contributed by atoms with Crippen molar-refractivity contribution in [1.29, 1.82) is 0 Å². The van der Waals surface area contributed by atoms with Gasteiger partial charge in [-0.3, -0.25) is 0 Å². The molecule has 0 aromatic carbocycles. The van der Waals surface area contributed by atoms with Gasteiger partial charge in [-0.05, 0) is 46.0 Å². The Balaban J connectivity index is 2.14. The number of hydrogen-bond donors (Lipinski definition) is 1. The molecule has 0 aliphatic heterocycles. The van der Waals surface area contributed by atoms with Gasteiger partial charge in [0, 0.05) is 24.8 Å². The zero-order valence-electron chi connectivity index (χ0n) is 11.9. The molecule has 1 rings (SSSR count). The average Bonchev–Trinajstić information content (AvgIpc) is 2.38. The lowest BCUT2D eigenvalue weighted by atomic mass is 10.2. The first-order valence-electron chi connectivity index (χ1n) is 6.53. The summed E-state index contributed by atoms with van der Waals surface area (Å²) in [6.07, 6.45) is 3.02. The van der Waals surface area contributed by atoms with Gasteiger partial charge in [0.2, 0.25) is 5.88 Å². The smallest absolute Gasteiger partial charge is 0.212 e. The highest BCUT2D eigenvalue weighted by atomic mass is 16.5. The molecular formula is C14H25N3O. The summed E-state index contributed by atoms with van der Waals surface area (Å²) in [4.78, 5) is 6.53. The zero-order chi connectivity index (χ0) is 13.4. The molecule has 4 heteroatoms. The van der Waals surface area contributed by atoms with E-state index in [1.165, 1.54) is 5.56 Å². The standard InChI is InChI=1S/C14H25N3O/c1-12(2)17(3)9-5-8-15-10-13-6-7-14(18-4)16-11-13/h6-7,11-12,15H,5,8-10H2,1-4H3. The van der Waals surface area contributed by atoms with Crippen LogP contribution in [0.2, 0.25) is 0 Å². The molecule has 1 heterocycles. The molecule has 0 amide bonds. The molecule has 1 aromatic heterocycles. The first-order chi connectivity index (χ1) is 8.63. The van der Waals surface area contributed by atoms with E-state index in [2.05, 4.69) is 36.1 Å². The Morgan fingerprint density at radius 1 is 1.39 bits per heavy atom. The number of nitrogens with one attached hydrogen (secondary N) is 1. The van der Waals surface area contributed by atoms with Crippen LogP contribution in [-0.2, 0) is 6.54 Å². The first kappa shape index (κ1) is 14.9. The van der Waals surface area contributed by atoms with Crippen molar-refractivity contribution in [3.63, 3.8) is 0 Å². The Bertz CT molecular complexity index is 324. The van der Waals surface area contributed by atoms with Crippen molar-refractivity contribution < 1.29 is 4.74 Å². The van der Waals surface area contributed by atoms with Crippen LogP contribution < -0.4 is 10.1 Å². The third kappa shape index (κ3) is 5.47. The topological polar surface area (TPSA) is 37.4 Å². The van der Waals surface area contributed by atoms with Crippen molar-refractivity contribution in [2.24, 2.45) is 0 Å². The fourth-order valence-corrected chi connectivity index (χ4v) is 1.58. The summed E-state index contributed by atoms with van der Waals surface area (Å²) in [6, 6.07) is 4.55. The van der Waals surface area contributed by atoms with E-state index in [1.54, 1.807) is 7.11 Å². The van der Waals surface area contributed by atoms with Crippen molar-refractivity contribution >= 4 is 0 Å². The van der Waals surface area contributed by atoms with E-state index >= 15 is 0 Å². The Morgan fingerprint density at radius 2 is 2.17 bits per heavy atom. The fraction of sp³-hybridized carbons (Fsp3) is 0.643. The molecule has 0 bridgehead atoms. The van der Waals surface area contributed by atoms with Gasteiger partial charge in [-0.1, -0.05) is 6.07 Å². The summed E-state index contributed by atoms with van der Waals surface area (Å²) in [5, 5.41) is 3.43. The normalized spacial score (nSPS) is 11.2. The minimum Gasteiger partial charge on any atom is -0.481 e. The lowest BCUT2D eigenvalue weighted by Crippen LogP contribution is -2.29. The minimum absolute atomic E-state index is 0.621. The van der Waals surface area contributed by atoms with Crippen LogP contribution in [0.15, 0.2) is 18.3 Å². The maximum Gasteiger partial charge on any atom is 0.212 e. The number of methoxy groups -OCH3 is 1. The van der Waals surface area contributed by atoms with Crippen LogP contribution in [0.25, 0.3) is 0 Å². The molecule has 0 spiro atoms. The molecule has 0 radical (unpaired) electrons. The van der Waals surface area contributed by atoms with Gasteiger partial charge in [0.25, 0.3) is 0 Å². The molecular weight excluding hydrogens is 226 g/mol.